The van der Waals surface area contributed by atoms with E-state index in [4.69, 9.17) is 10.5 Å². The third kappa shape index (κ3) is 2.85. The molecule has 7 heteroatoms. The molecular weight excluding hydrogens is 225 g/mol. The van der Waals surface area contributed by atoms with Gasteiger partial charge in [-0.15, -0.1) is 0 Å². The lowest BCUT2D eigenvalue weighted by atomic mass is 10.0. The number of nitrogens with two attached hydrogens (primary N) is 1. The van der Waals surface area contributed by atoms with Gasteiger partial charge >= 0.3 is 6.18 Å². The molecule has 16 heavy (non-hydrogen) atoms. The zero-order chi connectivity index (χ0) is 12.4. The summed E-state index contributed by atoms with van der Waals surface area (Å²) in [6.07, 6.45) is -3.35. The number of ether oxygens (including phenoxy) is 1. The summed E-state index contributed by atoms with van der Waals surface area (Å²) in [7, 11) is 0. The van der Waals surface area contributed by atoms with E-state index in [-0.39, 0.29) is 12.6 Å². The Labute approximate surface area is 91.3 Å². The molecule has 0 spiro atoms. The van der Waals surface area contributed by atoms with Gasteiger partial charge in [0, 0.05) is 13.2 Å². The Kier molecular flexibility index (Phi) is 3.80. The van der Waals surface area contributed by atoms with E-state index in [0.29, 0.717) is 13.5 Å². The Morgan fingerprint density at radius 2 is 2.19 bits per heavy atom. The average molecular weight is 240 g/mol. The molecule has 4 nitrogen and oxygen atoms in total. The third-order valence-electron chi connectivity index (χ3n) is 2.57. The van der Waals surface area contributed by atoms with Gasteiger partial charge in [0.1, 0.15) is 0 Å². The Morgan fingerprint density at radius 1 is 1.56 bits per heavy atom. The highest BCUT2D eigenvalue weighted by Crippen LogP contribution is 2.27. The van der Waals surface area contributed by atoms with Gasteiger partial charge in [-0.25, -0.2) is 0 Å². The maximum Gasteiger partial charge on any atom is 0.415 e. The van der Waals surface area contributed by atoms with Crippen LogP contribution in [0.15, 0.2) is 0 Å². The number of amides is 1. The van der Waals surface area contributed by atoms with Crippen molar-refractivity contribution in [3.8, 4) is 0 Å². The van der Waals surface area contributed by atoms with Crippen LogP contribution in [-0.2, 0) is 9.53 Å². The van der Waals surface area contributed by atoms with Crippen LogP contribution in [0.4, 0.5) is 13.2 Å². The molecule has 94 valence electrons. The lowest BCUT2D eigenvalue weighted by Crippen LogP contribution is -2.61. The summed E-state index contributed by atoms with van der Waals surface area (Å²) >= 11 is 0. The molecule has 0 radical (unpaired) electrons. The van der Waals surface area contributed by atoms with Gasteiger partial charge < -0.3 is 15.8 Å². The number of hydrogen-bond donors (Lipinski definition) is 2. The van der Waals surface area contributed by atoms with Crippen molar-refractivity contribution in [2.75, 3.05) is 13.2 Å². The van der Waals surface area contributed by atoms with Crippen molar-refractivity contribution in [3.05, 3.63) is 0 Å². The molecule has 0 saturated carbocycles. The quantitative estimate of drug-likeness (QED) is 0.757. The minimum Gasteiger partial charge on any atom is -0.376 e. The number of carbonyl (C=O) groups is 1. The smallest absolute Gasteiger partial charge is 0.376 e. The van der Waals surface area contributed by atoms with E-state index in [0.717, 1.165) is 12.8 Å². The van der Waals surface area contributed by atoms with E-state index in [2.05, 4.69) is 5.32 Å². The van der Waals surface area contributed by atoms with Crippen molar-refractivity contribution < 1.29 is 22.7 Å². The highest BCUT2D eigenvalue weighted by Gasteiger charge is 2.53. The predicted octanol–water partition coefficient (Wildman–Crippen LogP) is 0.561. The number of rotatable bonds is 3. The molecule has 1 fully saturated rings. The Bertz CT molecular complexity index is 260. The summed E-state index contributed by atoms with van der Waals surface area (Å²) in [6.45, 7) is 1.30. The molecule has 3 N–H and O–H groups in total. The first-order valence-electron chi connectivity index (χ1n) is 5.00. The minimum atomic E-state index is -4.76. The van der Waals surface area contributed by atoms with E-state index >= 15 is 0 Å². The standard InChI is InChI=1S/C9H15F3N2O2/c1-8(13,9(10,11)12)7(15)14-5-6-3-2-4-16-6/h6H,2-5,13H2,1H3,(H,14,15). The highest BCUT2D eigenvalue weighted by molar-refractivity contribution is 5.86. The predicted molar refractivity (Wildman–Crippen MR) is 50.6 cm³/mol. The average Bonchev–Trinajstić information content (AvgIpc) is 2.64. The van der Waals surface area contributed by atoms with Crippen molar-refractivity contribution in [2.24, 2.45) is 5.73 Å². The Morgan fingerprint density at radius 3 is 2.62 bits per heavy atom. The molecule has 1 heterocycles. The van der Waals surface area contributed by atoms with Gasteiger partial charge in [-0.3, -0.25) is 4.79 Å². The molecule has 1 aliphatic heterocycles. The third-order valence-corrected chi connectivity index (χ3v) is 2.57. The highest BCUT2D eigenvalue weighted by atomic mass is 19.4. The number of nitrogens with one attached hydrogen (secondary N) is 1. The van der Waals surface area contributed by atoms with Gasteiger partial charge in [-0.05, 0) is 19.8 Å². The summed E-state index contributed by atoms with van der Waals surface area (Å²) in [6, 6.07) is 0. The maximum atomic E-state index is 12.4. The summed E-state index contributed by atoms with van der Waals surface area (Å²) in [5, 5.41) is 2.16. The Balaban J connectivity index is 2.45. The summed E-state index contributed by atoms with van der Waals surface area (Å²) < 4.78 is 42.3. The lowest BCUT2D eigenvalue weighted by molar-refractivity contribution is -0.187. The summed E-state index contributed by atoms with van der Waals surface area (Å²) in [4.78, 5) is 11.3. The van der Waals surface area contributed by atoms with Crippen molar-refractivity contribution in [1.29, 1.82) is 0 Å². The summed E-state index contributed by atoms with van der Waals surface area (Å²) in [5.41, 5.74) is 2.09. The van der Waals surface area contributed by atoms with E-state index in [1.54, 1.807) is 0 Å². The largest absolute Gasteiger partial charge is 0.415 e. The number of hydrogen-bond acceptors (Lipinski definition) is 3. The maximum absolute atomic E-state index is 12.4. The van der Waals surface area contributed by atoms with Crippen LogP contribution in [0, 0.1) is 0 Å². The molecule has 1 saturated heterocycles. The second-order valence-corrected chi connectivity index (χ2v) is 4.05. The van der Waals surface area contributed by atoms with Crippen LogP contribution >= 0.6 is 0 Å². The van der Waals surface area contributed by atoms with Crippen LogP contribution in [0.5, 0.6) is 0 Å². The van der Waals surface area contributed by atoms with Gasteiger partial charge in [-0.2, -0.15) is 13.2 Å². The van der Waals surface area contributed by atoms with Crippen LogP contribution in [0.3, 0.4) is 0 Å². The first kappa shape index (κ1) is 13.2. The van der Waals surface area contributed by atoms with Gasteiger partial charge in [0.25, 0.3) is 0 Å². The van der Waals surface area contributed by atoms with Crippen LogP contribution in [0.1, 0.15) is 19.8 Å². The monoisotopic (exact) mass is 240 g/mol. The molecule has 2 atom stereocenters. The van der Waals surface area contributed by atoms with Gasteiger partial charge in [-0.1, -0.05) is 0 Å². The molecule has 0 aromatic rings. The molecule has 0 aromatic carbocycles. The second-order valence-electron chi connectivity index (χ2n) is 4.05. The number of carbonyl (C=O) groups excluding carboxylic acids is 1. The molecule has 0 bridgehead atoms. The first-order valence-corrected chi connectivity index (χ1v) is 5.00. The van der Waals surface area contributed by atoms with Crippen LogP contribution in [-0.4, -0.2) is 36.9 Å². The minimum absolute atomic E-state index is 0.0711. The normalized spacial score (nSPS) is 25.2. The topological polar surface area (TPSA) is 64.4 Å². The second kappa shape index (κ2) is 4.58. The first-order chi connectivity index (χ1) is 7.25. The van der Waals surface area contributed by atoms with Crippen LogP contribution < -0.4 is 11.1 Å². The van der Waals surface area contributed by atoms with Crippen molar-refractivity contribution in [1.82, 2.24) is 5.32 Å². The van der Waals surface area contributed by atoms with Gasteiger partial charge in [0.15, 0.2) is 5.54 Å². The molecule has 1 amide bonds. The van der Waals surface area contributed by atoms with Crippen LogP contribution in [0.2, 0.25) is 0 Å². The zero-order valence-corrected chi connectivity index (χ0v) is 8.93. The van der Waals surface area contributed by atoms with E-state index in [1.807, 2.05) is 0 Å². The lowest BCUT2D eigenvalue weighted by Gasteiger charge is -2.26. The van der Waals surface area contributed by atoms with Gasteiger partial charge in [0.05, 0.1) is 6.10 Å². The van der Waals surface area contributed by atoms with E-state index in [1.165, 1.54) is 0 Å². The Hall–Kier alpha value is -0.820. The van der Waals surface area contributed by atoms with Crippen molar-refractivity contribution >= 4 is 5.91 Å². The molecule has 0 aromatic heterocycles. The van der Waals surface area contributed by atoms with Gasteiger partial charge in [0.2, 0.25) is 5.91 Å². The fourth-order valence-electron chi connectivity index (χ4n) is 1.32. The SMILES string of the molecule is CC(N)(C(=O)NCC1CCCO1)C(F)(F)F. The summed E-state index contributed by atoms with van der Waals surface area (Å²) in [5.74, 6) is -1.23. The molecule has 0 aliphatic carbocycles. The van der Waals surface area contributed by atoms with E-state index < -0.39 is 17.6 Å². The molecule has 1 aliphatic rings. The fourth-order valence-corrected chi connectivity index (χ4v) is 1.32. The zero-order valence-electron chi connectivity index (χ0n) is 8.93. The fraction of sp³-hybridized carbons (Fsp3) is 0.889. The number of halogens is 3. The van der Waals surface area contributed by atoms with Crippen molar-refractivity contribution in [3.63, 3.8) is 0 Å². The number of alkyl halides is 3. The van der Waals surface area contributed by atoms with E-state index in [9.17, 15) is 18.0 Å². The molecule has 2 unspecified atom stereocenters. The van der Waals surface area contributed by atoms with Crippen molar-refractivity contribution in [2.45, 2.75) is 37.6 Å². The molecular formula is C9H15F3N2O2. The molecule has 1 rings (SSSR count). The van der Waals surface area contributed by atoms with Crippen LogP contribution in [0.25, 0.3) is 0 Å².